The van der Waals surface area contributed by atoms with E-state index in [0.717, 1.165) is 19.3 Å². The third-order valence-corrected chi connectivity index (χ3v) is 3.06. The van der Waals surface area contributed by atoms with Gasteiger partial charge in [-0.3, -0.25) is 0 Å². The van der Waals surface area contributed by atoms with Gasteiger partial charge in [-0.05, 0) is 25.3 Å². The molecule has 0 bridgehead atoms. The average Bonchev–Trinajstić information content (AvgIpc) is 2.79. The molecule has 2 N–H and O–H groups in total. The van der Waals surface area contributed by atoms with Gasteiger partial charge in [-0.1, -0.05) is 18.5 Å². The van der Waals surface area contributed by atoms with Crippen LogP contribution in [0.5, 0.6) is 0 Å². The molecule has 1 atom stereocenters. The molecule has 1 aromatic heterocycles. The monoisotopic (exact) mass is 279 g/mol. The molecule has 0 fully saturated rings. The fourth-order valence-corrected chi connectivity index (χ4v) is 1.86. The van der Waals surface area contributed by atoms with E-state index in [0.29, 0.717) is 24.8 Å². The lowest BCUT2D eigenvalue weighted by molar-refractivity contribution is -0.134. The van der Waals surface area contributed by atoms with E-state index >= 15 is 0 Å². The van der Waals surface area contributed by atoms with E-state index in [1.807, 2.05) is 0 Å². The Balaban J connectivity index is 2.38. The Labute approximate surface area is 110 Å². The van der Waals surface area contributed by atoms with Crippen molar-refractivity contribution >= 4 is 0 Å². The van der Waals surface area contributed by atoms with Gasteiger partial charge in [-0.15, -0.1) is 0 Å². The van der Waals surface area contributed by atoms with Crippen LogP contribution in [-0.2, 0) is 12.8 Å². The van der Waals surface area contributed by atoms with Crippen molar-refractivity contribution in [2.45, 2.75) is 51.6 Å². The molecule has 0 saturated heterocycles. The number of nitrogens with zero attached hydrogens (tertiary/aromatic N) is 2. The maximum absolute atomic E-state index is 12.0. The van der Waals surface area contributed by atoms with Crippen molar-refractivity contribution < 1.29 is 17.7 Å². The second kappa shape index (κ2) is 7.47. The Hall–Kier alpha value is -1.11. The van der Waals surface area contributed by atoms with Gasteiger partial charge in [0.1, 0.15) is 0 Å². The van der Waals surface area contributed by atoms with Crippen LogP contribution < -0.4 is 5.73 Å². The summed E-state index contributed by atoms with van der Waals surface area (Å²) >= 11 is 0. The molecular weight excluding hydrogens is 259 g/mol. The van der Waals surface area contributed by atoms with Crippen LogP contribution in [0, 0.1) is 5.92 Å². The third-order valence-electron chi connectivity index (χ3n) is 3.06. The highest BCUT2D eigenvalue weighted by molar-refractivity contribution is 4.87. The minimum atomic E-state index is -4.19. The topological polar surface area (TPSA) is 64.9 Å². The van der Waals surface area contributed by atoms with Gasteiger partial charge in [0.05, 0.1) is 6.42 Å². The molecule has 0 aromatic carbocycles. The van der Waals surface area contributed by atoms with E-state index in [9.17, 15) is 13.2 Å². The third kappa shape index (κ3) is 6.56. The predicted octanol–water partition coefficient (Wildman–Crippen LogP) is 2.87. The first-order valence-electron chi connectivity index (χ1n) is 6.53. The molecule has 19 heavy (non-hydrogen) atoms. The minimum absolute atomic E-state index is 0.124. The van der Waals surface area contributed by atoms with E-state index in [1.54, 1.807) is 0 Å². The second-order valence-corrected chi connectivity index (χ2v) is 4.61. The van der Waals surface area contributed by atoms with Crippen molar-refractivity contribution in [1.29, 1.82) is 0 Å². The number of hydrogen-bond acceptors (Lipinski definition) is 4. The maximum Gasteiger partial charge on any atom is 0.389 e. The Kier molecular flexibility index (Phi) is 6.27. The van der Waals surface area contributed by atoms with E-state index in [1.165, 1.54) is 0 Å². The first kappa shape index (κ1) is 15.9. The Morgan fingerprint density at radius 3 is 2.58 bits per heavy atom. The van der Waals surface area contributed by atoms with Gasteiger partial charge in [-0.25, -0.2) is 0 Å². The summed E-state index contributed by atoms with van der Waals surface area (Å²) < 4.78 is 41.0. The number of aromatic nitrogens is 2. The largest absolute Gasteiger partial charge is 0.389 e. The molecule has 0 saturated carbocycles. The number of rotatable bonds is 8. The lowest BCUT2D eigenvalue weighted by Crippen LogP contribution is -2.09. The van der Waals surface area contributed by atoms with Gasteiger partial charge >= 0.3 is 6.18 Å². The number of alkyl halides is 3. The van der Waals surface area contributed by atoms with Gasteiger partial charge in [0.15, 0.2) is 5.82 Å². The SMILES string of the molecule is CCC(CCN)CCc1nc(CCC(F)(F)F)no1. The van der Waals surface area contributed by atoms with Crippen molar-refractivity contribution in [2.75, 3.05) is 6.54 Å². The second-order valence-electron chi connectivity index (χ2n) is 4.61. The molecule has 0 radical (unpaired) electrons. The number of halogens is 3. The quantitative estimate of drug-likeness (QED) is 0.794. The Morgan fingerprint density at radius 2 is 2.00 bits per heavy atom. The predicted molar refractivity (Wildman–Crippen MR) is 64.4 cm³/mol. The van der Waals surface area contributed by atoms with E-state index in [2.05, 4.69) is 17.1 Å². The summed E-state index contributed by atoms with van der Waals surface area (Å²) in [5.41, 5.74) is 5.50. The van der Waals surface area contributed by atoms with Crippen LogP contribution in [0.3, 0.4) is 0 Å². The maximum atomic E-state index is 12.0. The van der Waals surface area contributed by atoms with Crippen LogP contribution in [0.25, 0.3) is 0 Å². The van der Waals surface area contributed by atoms with Gasteiger partial charge in [0.2, 0.25) is 5.89 Å². The first-order valence-corrected chi connectivity index (χ1v) is 6.53. The van der Waals surface area contributed by atoms with Gasteiger partial charge < -0.3 is 10.3 Å². The Morgan fingerprint density at radius 1 is 1.26 bits per heavy atom. The summed E-state index contributed by atoms with van der Waals surface area (Å²) in [6.45, 7) is 2.72. The molecule has 1 unspecified atom stereocenters. The molecule has 0 aliphatic heterocycles. The van der Waals surface area contributed by atoms with Crippen molar-refractivity contribution in [3.63, 3.8) is 0 Å². The van der Waals surface area contributed by atoms with Crippen molar-refractivity contribution in [3.8, 4) is 0 Å². The molecule has 1 rings (SSSR count). The normalized spacial score (nSPS) is 13.7. The van der Waals surface area contributed by atoms with Gasteiger partial charge in [0.25, 0.3) is 0 Å². The van der Waals surface area contributed by atoms with Gasteiger partial charge in [0, 0.05) is 12.8 Å². The highest BCUT2D eigenvalue weighted by Gasteiger charge is 2.27. The molecule has 0 amide bonds. The molecular formula is C12H20F3N3O. The smallest absolute Gasteiger partial charge is 0.339 e. The minimum Gasteiger partial charge on any atom is -0.339 e. The van der Waals surface area contributed by atoms with Crippen LogP contribution in [0.2, 0.25) is 0 Å². The molecule has 0 aliphatic rings. The summed E-state index contributed by atoms with van der Waals surface area (Å²) in [7, 11) is 0. The van der Waals surface area contributed by atoms with Crippen LogP contribution in [0.1, 0.15) is 44.3 Å². The molecule has 1 aromatic rings. The number of hydrogen-bond donors (Lipinski definition) is 1. The first-order chi connectivity index (χ1) is 8.94. The number of aryl methyl sites for hydroxylation is 2. The van der Waals surface area contributed by atoms with Crippen molar-refractivity contribution in [3.05, 3.63) is 11.7 Å². The zero-order valence-electron chi connectivity index (χ0n) is 11.0. The highest BCUT2D eigenvalue weighted by atomic mass is 19.4. The zero-order valence-corrected chi connectivity index (χ0v) is 11.0. The summed E-state index contributed by atoms with van der Waals surface area (Å²) in [4.78, 5) is 3.97. The Bertz CT molecular complexity index is 365. The molecule has 4 nitrogen and oxygen atoms in total. The van der Waals surface area contributed by atoms with E-state index < -0.39 is 12.6 Å². The van der Waals surface area contributed by atoms with Crippen LogP contribution >= 0.6 is 0 Å². The molecule has 110 valence electrons. The number of nitrogens with two attached hydrogens (primary N) is 1. The summed E-state index contributed by atoms with van der Waals surface area (Å²) in [6.07, 6.45) is -1.91. The summed E-state index contributed by atoms with van der Waals surface area (Å²) in [6, 6.07) is 0. The lowest BCUT2D eigenvalue weighted by Gasteiger charge is -2.11. The van der Waals surface area contributed by atoms with Crippen molar-refractivity contribution in [2.24, 2.45) is 11.7 Å². The van der Waals surface area contributed by atoms with Gasteiger partial charge in [-0.2, -0.15) is 18.2 Å². The zero-order chi connectivity index (χ0) is 14.3. The summed E-state index contributed by atoms with van der Waals surface area (Å²) in [5, 5.41) is 3.56. The van der Waals surface area contributed by atoms with E-state index in [4.69, 9.17) is 10.3 Å². The standard InChI is InChI=1S/C12H20F3N3O/c1-2-9(6-8-16)3-4-11-17-10(18-19-11)5-7-12(13,14)15/h9H,2-8,16H2,1H3. The molecule has 7 heteroatoms. The molecule has 1 heterocycles. The summed E-state index contributed by atoms with van der Waals surface area (Å²) in [5.74, 6) is 1.03. The van der Waals surface area contributed by atoms with E-state index in [-0.39, 0.29) is 12.2 Å². The molecule has 0 aliphatic carbocycles. The average molecular weight is 279 g/mol. The fraction of sp³-hybridized carbons (Fsp3) is 0.833. The lowest BCUT2D eigenvalue weighted by atomic mass is 9.97. The fourth-order valence-electron chi connectivity index (χ4n) is 1.86. The van der Waals surface area contributed by atoms with Crippen LogP contribution in [-0.4, -0.2) is 22.9 Å². The highest BCUT2D eigenvalue weighted by Crippen LogP contribution is 2.21. The molecule has 0 spiro atoms. The van der Waals surface area contributed by atoms with Crippen molar-refractivity contribution in [1.82, 2.24) is 10.1 Å². The van der Waals surface area contributed by atoms with Crippen LogP contribution in [0.4, 0.5) is 13.2 Å². The van der Waals surface area contributed by atoms with Crippen LogP contribution in [0.15, 0.2) is 4.52 Å².